The van der Waals surface area contributed by atoms with Crippen LogP contribution in [0.15, 0.2) is 30.5 Å². The molecule has 0 spiro atoms. The van der Waals surface area contributed by atoms with Gasteiger partial charge in [-0.2, -0.15) is 0 Å². The number of rotatable bonds is 4. The summed E-state index contributed by atoms with van der Waals surface area (Å²) in [5, 5.41) is 1.14. The molecule has 0 fully saturated rings. The Balaban J connectivity index is 2.60. The summed E-state index contributed by atoms with van der Waals surface area (Å²) >= 11 is 0. The van der Waals surface area contributed by atoms with Crippen molar-refractivity contribution >= 4 is 22.3 Å². The van der Waals surface area contributed by atoms with Crippen molar-refractivity contribution in [1.82, 2.24) is 4.98 Å². The van der Waals surface area contributed by atoms with Crippen LogP contribution in [0.1, 0.15) is 27.2 Å². The minimum atomic E-state index is 0.516. The molecule has 96 valence electrons. The average Bonchev–Trinajstić information content (AvgIpc) is 2.42. The molecule has 0 radical (unpaired) electrons. The summed E-state index contributed by atoms with van der Waals surface area (Å²) in [6, 6.07) is 8.64. The first-order valence-corrected chi connectivity index (χ1v) is 6.58. The molecule has 3 heteroatoms. The van der Waals surface area contributed by atoms with Crippen LogP contribution in [0.25, 0.3) is 10.9 Å². The number of nitrogens with two attached hydrogens (primary N) is 1. The van der Waals surface area contributed by atoms with Gasteiger partial charge in [-0.1, -0.05) is 6.92 Å². The Labute approximate surface area is 109 Å². The third kappa shape index (κ3) is 2.13. The summed E-state index contributed by atoms with van der Waals surface area (Å²) in [5.74, 6) is 0. The Morgan fingerprint density at radius 1 is 1.28 bits per heavy atom. The first-order valence-electron chi connectivity index (χ1n) is 6.58. The third-order valence-corrected chi connectivity index (χ3v) is 3.55. The van der Waals surface area contributed by atoms with E-state index in [2.05, 4.69) is 42.8 Å². The zero-order valence-corrected chi connectivity index (χ0v) is 11.4. The van der Waals surface area contributed by atoms with Gasteiger partial charge in [0.25, 0.3) is 0 Å². The Bertz CT molecular complexity index is 536. The van der Waals surface area contributed by atoms with Gasteiger partial charge in [0.15, 0.2) is 0 Å². The molecule has 2 N–H and O–H groups in total. The van der Waals surface area contributed by atoms with Crippen molar-refractivity contribution < 1.29 is 0 Å². The first kappa shape index (κ1) is 12.7. The summed E-state index contributed by atoms with van der Waals surface area (Å²) in [7, 11) is 0. The number of nitrogens with zero attached hydrogens (tertiary/aromatic N) is 2. The molecule has 2 aromatic rings. The standard InChI is InChI=1S/C15H21N3/c1-4-11(3)18(5-2)14-9-8-13(16)15-12(14)7-6-10-17-15/h6-11H,4-5,16H2,1-3H3. The van der Waals surface area contributed by atoms with Crippen molar-refractivity contribution in [3.63, 3.8) is 0 Å². The molecule has 1 unspecified atom stereocenters. The van der Waals surface area contributed by atoms with Gasteiger partial charge in [0.2, 0.25) is 0 Å². The second-order valence-electron chi connectivity index (χ2n) is 4.62. The van der Waals surface area contributed by atoms with E-state index >= 15 is 0 Å². The maximum absolute atomic E-state index is 5.99. The van der Waals surface area contributed by atoms with E-state index in [0.29, 0.717) is 6.04 Å². The molecular weight excluding hydrogens is 222 g/mol. The third-order valence-electron chi connectivity index (χ3n) is 3.55. The Hall–Kier alpha value is -1.77. The highest BCUT2D eigenvalue weighted by atomic mass is 15.2. The molecule has 0 saturated carbocycles. The predicted octanol–water partition coefficient (Wildman–Crippen LogP) is 3.44. The lowest BCUT2D eigenvalue weighted by Gasteiger charge is -2.30. The smallest absolute Gasteiger partial charge is 0.0951 e. The van der Waals surface area contributed by atoms with Crippen LogP contribution in [-0.4, -0.2) is 17.6 Å². The number of nitrogen functional groups attached to an aromatic ring is 1. The Kier molecular flexibility index (Phi) is 3.70. The Morgan fingerprint density at radius 3 is 2.72 bits per heavy atom. The zero-order valence-electron chi connectivity index (χ0n) is 11.4. The van der Waals surface area contributed by atoms with E-state index in [1.165, 1.54) is 5.69 Å². The summed E-state index contributed by atoms with van der Waals surface area (Å²) in [6.45, 7) is 7.64. The normalized spacial score (nSPS) is 12.6. The van der Waals surface area contributed by atoms with Crippen molar-refractivity contribution in [2.45, 2.75) is 33.2 Å². The van der Waals surface area contributed by atoms with Crippen LogP contribution in [0.5, 0.6) is 0 Å². The van der Waals surface area contributed by atoms with Crippen LogP contribution in [-0.2, 0) is 0 Å². The SMILES string of the molecule is CCC(C)N(CC)c1ccc(N)c2ncccc12. The van der Waals surface area contributed by atoms with E-state index in [0.717, 1.165) is 29.6 Å². The van der Waals surface area contributed by atoms with E-state index in [-0.39, 0.29) is 0 Å². The van der Waals surface area contributed by atoms with Crippen molar-refractivity contribution in [2.75, 3.05) is 17.2 Å². The molecule has 1 aromatic heterocycles. The summed E-state index contributed by atoms with van der Waals surface area (Å²) in [5.41, 5.74) is 8.87. The number of hydrogen-bond donors (Lipinski definition) is 1. The lowest BCUT2D eigenvalue weighted by Crippen LogP contribution is -2.32. The van der Waals surface area contributed by atoms with E-state index in [4.69, 9.17) is 5.73 Å². The first-order chi connectivity index (χ1) is 8.69. The number of benzene rings is 1. The van der Waals surface area contributed by atoms with Crippen molar-refractivity contribution in [3.8, 4) is 0 Å². The van der Waals surface area contributed by atoms with E-state index in [9.17, 15) is 0 Å². The number of aromatic nitrogens is 1. The van der Waals surface area contributed by atoms with Crippen LogP contribution in [0.2, 0.25) is 0 Å². The van der Waals surface area contributed by atoms with Gasteiger partial charge in [-0.3, -0.25) is 4.98 Å². The number of hydrogen-bond acceptors (Lipinski definition) is 3. The van der Waals surface area contributed by atoms with Gasteiger partial charge in [0.1, 0.15) is 0 Å². The van der Waals surface area contributed by atoms with Crippen LogP contribution in [0.4, 0.5) is 11.4 Å². The second kappa shape index (κ2) is 5.25. The molecule has 2 rings (SSSR count). The lowest BCUT2D eigenvalue weighted by molar-refractivity contribution is 0.632. The maximum atomic E-state index is 5.99. The van der Waals surface area contributed by atoms with Gasteiger partial charge < -0.3 is 10.6 Å². The van der Waals surface area contributed by atoms with Gasteiger partial charge in [-0.25, -0.2) is 0 Å². The molecular formula is C15H21N3. The fourth-order valence-electron chi connectivity index (χ4n) is 2.37. The Morgan fingerprint density at radius 2 is 2.06 bits per heavy atom. The molecule has 0 bridgehead atoms. The van der Waals surface area contributed by atoms with Gasteiger partial charge in [0.05, 0.1) is 11.2 Å². The number of pyridine rings is 1. The van der Waals surface area contributed by atoms with Gasteiger partial charge in [0, 0.05) is 29.9 Å². The lowest BCUT2D eigenvalue weighted by atomic mass is 10.1. The van der Waals surface area contributed by atoms with Gasteiger partial charge in [-0.15, -0.1) is 0 Å². The fraction of sp³-hybridized carbons (Fsp3) is 0.400. The minimum absolute atomic E-state index is 0.516. The molecule has 3 nitrogen and oxygen atoms in total. The topological polar surface area (TPSA) is 42.1 Å². The molecule has 1 heterocycles. The summed E-state index contributed by atoms with van der Waals surface area (Å²) in [4.78, 5) is 6.80. The molecule has 0 amide bonds. The van der Waals surface area contributed by atoms with Crippen LogP contribution >= 0.6 is 0 Å². The van der Waals surface area contributed by atoms with Crippen molar-refractivity contribution in [3.05, 3.63) is 30.5 Å². The average molecular weight is 243 g/mol. The molecule has 0 aliphatic rings. The summed E-state index contributed by atoms with van der Waals surface area (Å²) in [6.07, 6.45) is 2.92. The molecule has 1 aromatic carbocycles. The monoisotopic (exact) mass is 243 g/mol. The van der Waals surface area contributed by atoms with Crippen molar-refractivity contribution in [2.24, 2.45) is 0 Å². The predicted molar refractivity (Wildman–Crippen MR) is 78.9 cm³/mol. The largest absolute Gasteiger partial charge is 0.397 e. The molecule has 0 aliphatic heterocycles. The zero-order chi connectivity index (χ0) is 13.1. The molecule has 0 aliphatic carbocycles. The van der Waals surface area contributed by atoms with Crippen LogP contribution < -0.4 is 10.6 Å². The van der Waals surface area contributed by atoms with Gasteiger partial charge in [-0.05, 0) is 44.5 Å². The highest BCUT2D eigenvalue weighted by Gasteiger charge is 2.14. The van der Waals surface area contributed by atoms with E-state index < -0.39 is 0 Å². The van der Waals surface area contributed by atoms with Gasteiger partial charge >= 0.3 is 0 Å². The number of fused-ring (bicyclic) bond motifs is 1. The highest BCUT2D eigenvalue weighted by molar-refractivity contribution is 5.98. The van der Waals surface area contributed by atoms with Crippen LogP contribution in [0.3, 0.4) is 0 Å². The van der Waals surface area contributed by atoms with E-state index in [1.54, 1.807) is 6.20 Å². The highest BCUT2D eigenvalue weighted by Crippen LogP contribution is 2.30. The van der Waals surface area contributed by atoms with Crippen molar-refractivity contribution in [1.29, 1.82) is 0 Å². The fourth-order valence-corrected chi connectivity index (χ4v) is 2.37. The second-order valence-corrected chi connectivity index (χ2v) is 4.62. The molecule has 1 atom stereocenters. The summed E-state index contributed by atoms with van der Waals surface area (Å²) < 4.78 is 0. The maximum Gasteiger partial charge on any atom is 0.0951 e. The number of anilines is 2. The molecule has 18 heavy (non-hydrogen) atoms. The van der Waals surface area contributed by atoms with Crippen LogP contribution in [0, 0.1) is 0 Å². The molecule has 0 saturated heterocycles. The quantitative estimate of drug-likeness (QED) is 0.836. The minimum Gasteiger partial charge on any atom is -0.397 e. The van der Waals surface area contributed by atoms with E-state index in [1.807, 2.05) is 12.1 Å².